The highest BCUT2D eigenvalue weighted by Crippen LogP contribution is 2.21. The Bertz CT molecular complexity index is 1130. The van der Waals surface area contributed by atoms with Crippen LogP contribution in [0.25, 0.3) is 0 Å². The zero-order valence-electron chi connectivity index (χ0n) is 18.4. The molecule has 168 valence electrons. The second-order valence-corrected chi connectivity index (χ2v) is 8.19. The standard InChI is InChI=1S/C23H25N3O5S/c1-5-30-22(28)20-14(3)21(24-15(20)4)23(29)31-11-17-12-32-19(26-17)10-18(27)25-16-8-6-13(2)7-9-16/h6-9,12,24H,5,10-11H2,1-4H3,(H,25,27). The number of anilines is 1. The molecule has 8 nitrogen and oxygen atoms in total. The van der Waals surface area contributed by atoms with Crippen molar-refractivity contribution < 1.29 is 23.9 Å². The predicted octanol–water partition coefficient (Wildman–Crippen LogP) is 4.11. The second-order valence-electron chi connectivity index (χ2n) is 7.25. The van der Waals surface area contributed by atoms with Gasteiger partial charge in [-0.2, -0.15) is 0 Å². The number of esters is 2. The van der Waals surface area contributed by atoms with Gasteiger partial charge in [0.25, 0.3) is 0 Å². The first kappa shape index (κ1) is 23.2. The van der Waals surface area contributed by atoms with E-state index in [0.717, 1.165) is 11.3 Å². The van der Waals surface area contributed by atoms with Gasteiger partial charge in [0.15, 0.2) is 0 Å². The summed E-state index contributed by atoms with van der Waals surface area (Å²) in [5.74, 6) is -1.24. The van der Waals surface area contributed by atoms with E-state index in [2.05, 4.69) is 15.3 Å². The lowest BCUT2D eigenvalue weighted by Crippen LogP contribution is -2.14. The molecular formula is C23H25N3O5S. The molecule has 0 radical (unpaired) electrons. The van der Waals surface area contributed by atoms with Crippen LogP contribution in [0.15, 0.2) is 29.6 Å². The number of rotatable bonds is 8. The molecule has 0 bridgehead atoms. The first-order valence-corrected chi connectivity index (χ1v) is 11.0. The van der Waals surface area contributed by atoms with Crippen LogP contribution in [0.4, 0.5) is 5.69 Å². The quantitative estimate of drug-likeness (QED) is 0.495. The Hall–Kier alpha value is -3.46. The molecule has 2 N–H and O–H groups in total. The highest BCUT2D eigenvalue weighted by atomic mass is 32.1. The molecule has 0 atom stereocenters. The highest BCUT2D eigenvalue weighted by molar-refractivity contribution is 7.09. The monoisotopic (exact) mass is 455 g/mol. The third-order valence-corrected chi connectivity index (χ3v) is 5.62. The van der Waals surface area contributed by atoms with Crippen molar-refractivity contribution in [3.8, 4) is 0 Å². The molecule has 2 aromatic heterocycles. The van der Waals surface area contributed by atoms with Gasteiger partial charge in [0.05, 0.1) is 24.3 Å². The Morgan fingerprint density at radius 3 is 2.47 bits per heavy atom. The molecule has 0 spiro atoms. The van der Waals surface area contributed by atoms with E-state index >= 15 is 0 Å². The lowest BCUT2D eigenvalue weighted by atomic mass is 10.1. The minimum atomic E-state index is -0.590. The fourth-order valence-electron chi connectivity index (χ4n) is 3.15. The zero-order chi connectivity index (χ0) is 23.3. The van der Waals surface area contributed by atoms with Crippen molar-refractivity contribution in [1.82, 2.24) is 9.97 Å². The molecule has 0 aliphatic rings. The van der Waals surface area contributed by atoms with Gasteiger partial charge < -0.3 is 19.8 Å². The number of carbonyl (C=O) groups excluding carboxylic acids is 3. The van der Waals surface area contributed by atoms with Crippen LogP contribution in [0.3, 0.4) is 0 Å². The molecule has 0 aliphatic carbocycles. The number of nitrogens with one attached hydrogen (secondary N) is 2. The minimum absolute atomic E-state index is 0.0405. The maximum atomic E-state index is 12.5. The maximum Gasteiger partial charge on any atom is 0.355 e. The molecule has 3 rings (SSSR count). The number of H-pyrrole nitrogens is 1. The molecule has 9 heteroatoms. The van der Waals surface area contributed by atoms with Gasteiger partial charge in [-0.15, -0.1) is 11.3 Å². The van der Waals surface area contributed by atoms with E-state index in [4.69, 9.17) is 9.47 Å². The van der Waals surface area contributed by atoms with Gasteiger partial charge in [0.1, 0.15) is 17.3 Å². The summed E-state index contributed by atoms with van der Waals surface area (Å²) in [7, 11) is 0. The predicted molar refractivity (Wildman–Crippen MR) is 121 cm³/mol. The average molecular weight is 456 g/mol. The lowest BCUT2D eigenvalue weighted by molar-refractivity contribution is -0.115. The van der Waals surface area contributed by atoms with Crippen molar-refractivity contribution >= 4 is 34.9 Å². The van der Waals surface area contributed by atoms with Crippen LogP contribution in [0, 0.1) is 20.8 Å². The van der Waals surface area contributed by atoms with Crippen LogP contribution in [-0.4, -0.2) is 34.4 Å². The maximum absolute atomic E-state index is 12.5. The van der Waals surface area contributed by atoms with Crippen molar-refractivity contribution in [3.63, 3.8) is 0 Å². The first-order valence-electron chi connectivity index (χ1n) is 10.1. The lowest BCUT2D eigenvalue weighted by Gasteiger charge is -2.04. The molecule has 0 aliphatic heterocycles. The molecule has 0 saturated carbocycles. The van der Waals surface area contributed by atoms with Gasteiger partial charge in [-0.1, -0.05) is 17.7 Å². The summed E-state index contributed by atoms with van der Waals surface area (Å²) in [5.41, 5.74) is 3.97. The largest absolute Gasteiger partial charge is 0.462 e. The smallest absolute Gasteiger partial charge is 0.355 e. The van der Waals surface area contributed by atoms with Crippen molar-refractivity contribution in [1.29, 1.82) is 0 Å². The van der Waals surface area contributed by atoms with Crippen molar-refractivity contribution in [3.05, 3.63) is 68.4 Å². The van der Waals surface area contributed by atoms with Gasteiger partial charge in [-0.3, -0.25) is 4.79 Å². The van der Waals surface area contributed by atoms with Crippen molar-refractivity contribution in [2.45, 2.75) is 40.7 Å². The summed E-state index contributed by atoms with van der Waals surface area (Å²) in [4.78, 5) is 44.1. The van der Waals surface area contributed by atoms with E-state index in [9.17, 15) is 14.4 Å². The van der Waals surface area contributed by atoms with Gasteiger partial charge in [-0.05, 0) is 45.4 Å². The van der Waals surface area contributed by atoms with Crippen LogP contribution < -0.4 is 5.32 Å². The molecule has 1 amide bonds. The highest BCUT2D eigenvalue weighted by Gasteiger charge is 2.24. The Labute approximate surface area is 190 Å². The van der Waals surface area contributed by atoms with Crippen molar-refractivity contribution in [2.24, 2.45) is 0 Å². The van der Waals surface area contributed by atoms with E-state index in [1.807, 2.05) is 31.2 Å². The van der Waals surface area contributed by atoms with Crippen molar-refractivity contribution in [2.75, 3.05) is 11.9 Å². The Kier molecular flexibility index (Phi) is 7.42. The number of ether oxygens (including phenoxy) is 2. The number of aryl methyl sites for hydroxylation is 2. The van der Waals surface area contributed by atoms with Crippen LogP contribution in [0.1, 0.15) is 55.3 Å². The number of hydrogen-bond donors (Lipinski definition) is 2. The van der Waals surface area contributed by atoms with E-state index < -0.39 is 11.9 Å². The zero-order valence-corrected chi connectivity index (χ0v) is 19.2. The number of benzene rings is 1. The van der Waals surface area contributed by atoms with Gasteiger partial charge in [0, 0.05) is 16.8 Å². The normalized spacial score (nSPS) is 10.6. The van der Waals surface area contributed by atoms with Gasteiger partial charge >= 0.3 is 11.9 Å². The Morgan fingerprint density at radius 2 is 1.78 bits per heavy atom. The number of amides is 1. The third kappa shape index (κ3) is 5.61. The molecule has 1 aromatic carbocycles. The molecular weight excluding hydrogens is 430 g/mol. The van der Waals surface area contributed by atoms with E-state index in [1.54, 1.807) is 26.2 Å². The molecule has 0 unspecified atom stereocenters. The van der Waals surface area contributed by atoms with E-state index in [-0.39, 0.29) is 31.2 Å². The number of hydrogen-bond acceptors (Lipinski definition) is 7. The first-order chi connectivity index (χ1) is 15.3. The SMILES string of the molecule is CCOC(=O)c1c(C)[nH]c(C(=O)OCc2csc(CC(=O)Nc3ccc(C)cc3)n2)c1C. The van der Waals surface area contributed by atoms with Crippen LogP contribution in [0.2, 0.25) is 0 Å². The minimum Gasteiger partial charge on any atom is -0.462 e. The summed E-state index contributed by atoms with van der Waals surface area (Å²) >= 11 is 1.33. The topological polar surface area (TPSA) is 110 Å². The number of aromatic nitrogens is 2. The van der Waals surface area contributed by atoms with Crippen LogP contribution >= 0.6 is 11.3 Å². The molecule has 0 fully saturated rings. The Balaban J connectivity index is 1.56. The molecule has 0 saturated heterocycles. The van der Waals surface area contributed by atoms with Crippen LogP contribution in [0.5, 0.6) is 0 Å². The second kappa shape index (κ2) is 10.2. The summed E-state index contributed by atoms with van der Waals surface area (Å²) in [5, 5.41) is 5.20. The summed E-state index contributed by atoms with van der Waals surface area (Å²) in [6, 6.07) is 7.54. The molecule has 2 heterocycles. The Morgan fingerprint density at radius 1 is 1.06 bits per heavy atom. The number of aromatic amines is 1. The third-order valence-electron chi connectivity index (χ3n) is 4.72. The van der Waals surface area contributed by atoms with Gasteiger partial charge in [-0.25, -0.2) is 14.6 Å². The summed E-state index contributed by atoms with van der Waals surface area (Å²) in [6.07, 6.45) is 0.129. The van der Waals surface area contributed by atoms with E-state index in [0.29, 0.717) is 27.5 Å². The fraction of sp³-hybridized carbons (Fsp3) is 0.304. The average Bonchev–Trinajstić information content (AvgIpc) is 3.31. The fourth-order valence-corrected chi connectivity index (χ4v) is 3.93. The van der Waals surface area contributed by atoms with Gasteiger partial charge in [0.2, 0.25) is 5.91 Å². The van der Waals surface area contributed by atoms with Crippen LogP contribution in [-0.2, 0) is 27.3 Å². The summed E-state index contributed by atoms with van der Waals surface area (Å²) in [6.45, 7) is 7.27. The number of carbonyl (C=O) groups is 3. The molecule has 32 heavy (non-hydrogen) atoms. The molecule has 3 aromatic rings. The summed E-state index contributed by atoms with van der Waals surface area (Å²) < 4.78 is 10.4. The van der Waals surface area contributed by atoms with E-state index in [1.165, 1.54) is 11.3 Å². The number of thiazole rings is 1. The number of nitrogens with zero attached hydrogens (tertiary/aromatic N) is 1.